The Kier molecular flexibility index (Phi) is 7.82. The Morgan fingerprint density at radius 2 is 1.76 bits per heavy atom. The molecule has 0 bridgehead atoms. The van der Waals surface area contributed by atoms with E-state index in [2.05, 4.69) is 5.32 Å². The van der Waals surface area contributed by atoms with E-state index in [0.29, 0.717) is 24.5 Å². The average molecular weight is 493 g/mol. The minimum absolute atomic E-state index is 0.172. The molecule has 0 fully saturated rings. The molecule has 1 N–H and O–H groups in total. The summed E-state index contributed by atoms with van der Waals surface area (Å²) in [5, 5.41) is 2.46. The predicted molar refractivity (Wildman–Crippen MR) is 137 cm³/mol. The highest BCUT2D eigenvalue weighted by Gasteiger charge is 2.24. The minimum Gasteiger partial charge on any atom is -0.494 e. The molecule has 34 heavy (non-hydrogen) atoms. The van der Waals surface area contributed by atoms with Gasteiger partial charge in [0.25, 0.3) is 0 Å². The highest BCUT2D eigenvalue weighted by atomic mass is 32.2. The second-order valence-electron chi connectivity index (χ2n) is 7.24. The molecule has 0 spiro atoms. The Balaban J connectivity index is 1.55. The van der Waals surface area contributed by atoms with Gasteiger partial charge in [-0.05, 0) is 61.9 Å². The van der Waals surface area contributed by atoms with Crippen LogP contribution in [0.25, 0.3) is 10.2 Å². The number of thiazole rings is 1. The van der Waals surface area contributed by atoms with Crippen molar-refractivity contribution in [2.45, 2.75) is 23.4 Å². The van der Waals surface area contributed by atoms with Crippen molar-refractivity contribution in [1.29, 1.82) is 0 Å². The van der Waals surface area contributed by atoms with Crippen molar-refractivity contribution >= 4 is 50.9 Å². The monoisotopic (exact) mass is 492 g/mol. The molecule has 6 nitrogen and oxygen atoms in total. The van der Waals surface area contributed by atoms with Crippen LogP contribution in [0.4, 0.5) is 5.69 Å². The summed E-state index contributed by atoms with van der Waals surface area (Å²) >= 11 is 2.94. The van der Waals surface area contributed by atoms with Crippen molar-refractivity contribution in [3.05, 3.63) is 83.9 Å². The normalized spacial score (nSPS) is 11.7. The summed E-state index contributed by atoms with van der Waals surface area (Å²) < 4.78 is 12.4. The smallest absolute Gasteiger partial charge is 0.338 e. The Morgan fingerprint density at radius 3 is 2.47 bits per heavy atom. The number of rotatable bonds is 9. The standard InChI is InChI=1S/C26H24N2O4S2/c1-3-31-20-14-15-21-22(16-20)33-26(28-21)34-23(17-8-6-5-7-9-17)24(29)27-19-12-10-18(11-13-19)25(30)32-4-2/h5-16,23H,3-4H2,1-2H3,(H,27,29)/t23-/m0/s1. The lowest BCUT2D eigenvalue weighted by Gasteiger charge is -2.16. The molecule has 1 amide bonds. The number of ether oxygens (including phenoxy) is 2. The van der Waals surface area contributed by atoms with E-state index < -0.39 is 5.25 Å². The number of carbonyl (C=O) groups is 2. The highest BCUT2D eigenvalue weighted by molar-refractivity contribution is 8.02. The number of amides is 1. The van der Waals surface area contributed by atoms with Gasteiger partial charge in [0.1, 0.15) is 11.0 Å². The summed E-state index contributed by atoms with van der Waals surface area (Å²) in [7, 11) is 0. The topological polar surface area (TPSA) is 77.5 Å². The lowest BCUT2D eigenvalue weighted by Crippen LogP contribution is -2.19. The Labute approximate surface area is 206 Å². The Bertz CT molecular complexity index is 1270. The van der Waals surface area contributed by atoms with Crippen LogP contribution in [-0.2, 0) is 9.53 Å². The van der Waals surface area contributed by atoms with Gasteiger partial charge < -0.3 is 14.8 Å². The average Bonchev–Trinajstić information content (AvgIpc) is 3.26. The third-order valence-electron chi connectivity index (χ3n) is 4.87. The van der Waals surface area contributed by atoms with E-state index >= 15 is 0 Å². The second-order valence-corrected chi connectivity index (χ2v) is 9.62. The van der Waals surface area contributed by atoms with Gasteiger partial charge in [-0.2, -0.15) is 0 Å². The highest BCUT2D eigenvalue weighted by Crippen LogP contribution is 2.40. The van der Waals surface area contributed by atoms with Gasteiger partial charge in [-0.25, -0.2) is 9.78 Å². The van der Waals surface area contributed by atoms with Gasteiger partial charge in [0.05, 0.1) is 29.0 Å². The van der Waals surface area contributed by atoms with E-state index in [4.69, 9.17) is 14.5 Å². The molecular formula is C26H24N2O4S2. The molecule has 3 aromatic carbocycles. The van der Waals surface area contributed by atoms with E-state index in [9.17, 15) is 9.59 Å². The van der Waals surface area contributed by atoms with E-state index in [-0.39, 0.29) is 11.9 Å². The van der Waals surface area contributed by atoms with Crippen molar-refractivity contribution in [3.63, 3.8) is 0 Å². The van der Waals surface area contributed by atoms with Gasteiger partial charge in [-0.15, -0.1) is 11.3 Å². The molecule has 1 atom stereocenters. The Morgan fingerprint density at radius 1 is 1.00 bits per heavy atom. The fourth-order valence-electron chi connectivity index (χ4n) is 3.30. The van der Waals surface area contributed by atoms with Gasteiger partial charge in [-0.1, -0.05) is 42.1 Å². The van der Waals surface area contributed by atoms with Crippen molar-refractivity contribution < 1.29 is 19.1 Å². The summed E-state index contributed by atoms with van der Waals surface area (Å²) in [5.74, 6) is 0.245. The Hall–Kier alpha value is -3.36. The molecule has 0 radical (unpaired) electrons. The van der Waals surface area contributed by atoms with Gasteiger partial charge in [0.2, 0.25) is 5.91 Å². The summed E-state index contributed by atoms with van der Waals surface area (Å²) in [6.45, 7) is 4.62. The van der Waals surface area contributed by atoms with Crippen molar-refractivity contribution in [1.82, 2.24) is 4.98 Å². The van der Waals surface area contributed by atoms with Crippen LogP contribution in [0.1, 0.15) is 35.0 Å². The van der Waals surface area contributed by atoms with Gasteiger partial charge in [-0.3, -0.25) is 4.79 Å². The maximum Gasteiger partial charge on any atom is 0.338 e. The summed E-state index contributed by atoms with van der Waals surface area (Å²) in [6, 6.07) is 22.1. The molecule has 0 aliphatic heterocycles. The lowest BCUT2D eigenvalue weighted by molar-refractivity contribution is -0.115. The van der Waals surface area contributed by atoms with Crippen molar-refractivity contribution in [2.75, 3.05) is 18.5 Å². The first-order valence-corrected chi connectivity index (χ1v) is 12.6. The zero-order chi connectivity index (χ0) is 23.9. The van der Waals surface area contributed by atoms with Crippen molar-refractivity contribution in [3.8, 4) is 5.75 Å². The number of fused-ring (bicyclic) bond motifs is 1. The SMILES string of the molecule is CCOC(=O)c1ccc(NC(=O)[C@@H](Sc2nc3ccc(OCC)cc3s2)c2ccccc2)cc1. The van der Waals surface area contributed by atoms with Gasteiger partial charge >= 0.3 is 5.97 Å². The molecule has 0 saturated carbocycles. The molecule has 1 aromatic heterocycles. The molecule has 0 aliphatic rings. The van der Waals surface area contributed by atoms with Crippen LogP contribution in [0.3, 0.4) is 0 Å². The number of nitrogens with one attached hydrogen (secondary N) is 1. The number of hydrogen-bond donors (Lipinski definition) is 1. The number of thioether (sulfide) groups is 1. The summed E-state index contributed by atoms with van der Waals surface area (Å²) in [4.78, 5) is 29.9. The second kappa shape index (κ2) is 11.2. The largest absolute Gasteiger partial charge is 0.494 e. The van der Waals surface area contributed by atoms with Crippen LogP contribution in [0, 0.1) is 0 Å². The fourth-order valence-corrected chi connectivity index (χ4v) is 5.59. The maximum atomic E-state index is 13.3. The van der Waals surface area contributed by atoms with Crippen LogP contribution < -0.4 is 10.1 Å². The fraction of sp³-hybridized carbons (Fsp3) is 0.192. The maximum absolute atomic E-state index is 13.3. The number of esters is 1. The van der Waals surface area contributed by atoms with Crippen LogP contribution in [0.2, 0.25) is 0 Å². The lowest BCUT2D eigenvalue weighted by atomic mass is 10.1. The molecule has 1 heterocycles. The zero-order valence-electron chi connectivity index (χ0n) is 18.8. The third kappa shape index (κ3) is 5.76. The molecule has 4 aromatic rings. The molecule has 0 saturated heterocycles. The quantitative estimate of drug-likeness (QED) is 0.217. The first kappa shape index (κ1) is 23.8. The molecule has 0 unspecified atom stereocenters. The minimum atomic E-state index is -0.502. The number of nitrogens with zero attached hydrogens (tertiary/aromatic N) is 1. The third-order valence-corrected chi connectivity index (χ3v) is 7.24. The van der Waals surface area contributed by atoms with Crippen molar-refractivity contribution in [2.24, 2.45) is 0 Å². The molecule has 0 aliphatic carbocycles. The predicted octanol–water partition coefficient (Wildman–Crippen LogP) is 6.34. The first-order chi connectivity index (χ1) is 16.6. The zero-order valence-corrected chi connectivity index (χ0v) is 20.4. The van der Waals surface area contributed by atoms with E-state index in [1.807, 2.05) is 55.5 Å². The molecule has 174 valence electrons. The van der Waals surface area contributed by atoms with E-state index in [1.165, 1.54) is 23.1 Å². The van der Waals surface area contributed by atoms with Crippen LogP contribution in [0.5, 0.6) is 5.75 Å². The molecular weight excluding hydrogens is 468 g/mol. The summed E-state index contributed by atoms with van der Waals surface area (Å²) in [6.07, 6.45) is 0. The van der Waals surface area contributed by atoms with E-state index in [0.717, 1.165) is 25.9 Å². The van der Waals surface area contributed by atoms with E-state index in [1.54, 1.807) is 31.2 Å². The first-order valence-electron chi connectivity index (χ1n) is 10.9. The number of carbonyl (C=O) groups excluding carboxylic acids is 2. The summed E-state index contributed by atoms with van der Waals surface area (Å²) in [5.41, 5.74) is 2.79. The van der Waals surface area contributed by atoms with Crippen LogP contribution in [-0.4, -0.2) is 30.1 Å². The van der Waals surface area contributed by atoms with Crippen LogP contribution >= 0.6 is 23.1 Å². The number of aromatic nitrogens is 1. The number of hydrogen-bond acceptors (Lipinski definition) is 7. The molecule has 8 heteroatoms. The molecule has 4 rings (SSSR count). The number of anilines is 1. The van der Waals surface area contributed by atoms with Gasteiger partial charge in [0.15, 0.2) is 4.34 Å². The van der Waals surface area contributed by atoms with Gasteiger partial charge in [0, 0.05) is 5.69 Å². The van der Waals surface area contributed by atoms with Crippen LogP contribution in [0.15, 0.2) is 77.1 Å². The number of benzene rings is 3.